The number of hydrogen-bond acceptors (Lipinski definition) is 3. The van der Waals surface area contributed by atoms with Gasteiger partial charge in [0.2, 0.25) is 5.78 Å². The Labute approximate surface area is 107 Å². The quantitative estimate of drug-likeness (QED) is 0.792. The first kappa shape index (κ1) is 12.7. The minimum atomic E-state index is -0.815. The third-order valence-electron chi connectivity index (χ3n) is 2.27. The maximum Gasteiger partial charge on any atom is 0.210 e. The Hall–Kier alpha value is -1.75. The van der Waals surface area contributed by atoms with Crippen LogP contribution in [0.4, 0.5) is 8.78 Å². The molecule has 5 heteroatoms. The molecule has 0 saturated carbocycles. The predicted octanol–water partition coefficient (Wildman–Crippen LogP) is 3.60. The second-order valence-electron chi connectivity index (χ2n) is 3.70. The number of thiophene rings is 1. The van der Waals surface area contributed by atoms with Gasteiger partial charge in [-0.3, -0.25) is 4.79 Å². The Balaban J connectivity index is 2.01. The van der Waals surface area contributed by atoms with Crippen molar-refractivity contribution in [1.29, 1.82) is 0 Å². The van der Waals surface area contributed by atoms with Gasteiger partial charge in [-0.25, -0.2) is 8.78 Å². The number of halogens is 2. The lowest BCUT2D eigenvalue weighted by atomic mass is 10.3. The molecule has 1 aromatic heterocycles. The minimum Gasteiger partial charge on any atom is -0.482 e. The van der Waals surface area contributed by atoms with Crippen molar-refractivity contribution in [3.05, 3.63) is 51.7 Å². The van der Waals surface area contributed by atoms with Gasteiger partial charge in [0.15, 0.2) is 18.2 Å². The van der Waals surface area contributed by atoms with Crippen LogP contribution in [0.2, 0.25) is 0 Å². The molecule has 0 bridgehead atoms. The summed E-state index contributed by atoms with van der Waals surface area (Å²) in [6.45, 7) is 1.63. The first-order valence-corrected chi connectivity index (χ1v) is 6.05. The van der Waals surface area contributed by atoms with Crippen LogP contribution in [0, 0.1) is 18.6 Å². The number of carbonyl (C=O) groups excluding carboxylic acids is 1. The van der Waals surface area contributed by atoms with Gasteiger partial charge in [-0.2, -0.15) is 0 Å². The van der Waals surface area contributed by atoms with Crippen molar-refractivity contribution in [3.63, 3.8) is 0 Å². The molecule has 0 saturated heterocycles. The Morgan fingerprint density at radius 3 is 2.67 bits per heavy atom. The highest BCUT2D eigenvalue weighted by Gasteiger charge is 2.11. The van der Waals surface area contributed by atoms with Crippen LogP contribution in [0.25, 0.3) is 0 Å². The maximum atomic E-state index is 13.2. The summed E-state index contributed by atoms with van der Waals surface area (Å²) in [7, 11) is 0. The van der Waals surface area contributed by atoms with Crippen molar-refractivity contribution in [2.24, 2.45) is 0 Å². The zero-order chi connectivity index (χ0) is 13.1. The Bertz CT molecular complexity index is 578. The minimum absolute atomic E-state index is 0.127. The van der Waals surface area contributed by atoms with Crippen molar-refractivity contribution in [2.75, 3.05) is 6.61 Å². The van der Waals surface area contributed by atoms with E-state index in [2.05, 4.69) is 0 Å². The Morgan fingerprint density at radius 2 is 2.06 bits per heavy atom. The van der Waals surface area contributed by atoms with Crippen LogP contribution >= 0.6 is 11.3 Å². The van der Waals surface area contributed by atoms with Crippen molar-refractivity contribution in [2.45, 2.75) is 6.92 Å². The predicted molar refractivity (Wildman–Crippen MR) is 65.2 cm³/mol. The molecule has 18 heavy (non-hydrogen) atoms. The molecule has 0 atom stereocenters. The largest absolute Gasteiger partial charge is 0.482 e. The first-order chi connectivity index (χ1) is 8.56. The smallest absolute Gasteiger partial charge is 0.210 e. The molecular formula is C13H10F2O2S. The SMILES string of the molecule is Cc1ccc(C(=O)COc2ccc(F)cc2F)s1. The Morgan fingerprint density at radius 1 is 1.28 bits per heavy atom. The lowest BCUT2D eigenvalue weighted by Gasteiger charge is -2.05. The van der Waals surface area contributed by atoms with Gasteiger partial charge in [-0.1, -0.05) is 0 Å². The number of carbonyl (C=O) groups is 1. The summed E-state index contributed by atoms with van der Waals surface area (Å²) in [6.07, 6.45) is 0. The summed E-state index contributed by atoms with van der Waals surface area (Å²) in [5.74, 6) is -1.85. The number of rotatable bonds is 4. The highest BCUT2D eigenvalue weighted by atomic mass is 32.1. The molecule has 94 valence electrons. The van der Waals surface area contributed by atoms with E-state index in [0.29, 0.717) is 4.88 Å². The highest BCUT2D eigenvalue weighted by Crippen LogP contribution is 2.19. The molecular weight excluding hydrogens is 258 g/mol. The van der Waals surface area contributed by atoms with Gasteiger partial charge in [-0.05, 0) is 31.2 Å². The lowest BCUT2D eigenvalue weighted by Crippen LogP contribution is -2.10. The van der Waals surface area contributed by atoms with E-state index in [4.69, 9.17) is 4.74 Å². The van der Waals surface area contributed by atoms with Gasteiger partial charge in [0, 0.05) is 10.9 Å². The number of ketones is 1. The molecule has 0 amide bonds. The molecule has 2 aromatic rings. The molecule has 1 heterocycles. The number of Topliss-reactive ketones (excluding diaryl/α,β-unsaturated/α-hetero) is 1. The van der Waals surface area contributed by atoms with Crippen LogP contribution in [0.15, 0.2) is 30.3 Å². The summed E-state index contributed by atoms with van der Waals surface area (Å²) in [5.41, 5.74) is 0. The third kappa shape index (κ3) is 2.92. The topological polar surface area (TPSA) is 26.3 Å². The van der Waals surface area contributed by atoms with E-state index in [-0.39, 0.29) is 18.1 Å². The van der Waals surface area contributed by atoms with Crippen molar-refractivity contribution < 1.29 is 18.3 Å². The van der Waals surface area contributed by atoms with Gasteiger partial charge in [0.05, 0.1) is 4.88 Å². The summed E-state index contributed by atoms with van der Waals surface area (Å²) in [5, 5.41) is 0. The number of aryl methyl sites for hydroxylation is 1. The summed E-state index contributed by atoms with van der Waals surface area (Å²) in [4.78, 5) is 13.3. The highest BCUT2D eigenvalue weighted by molar-refractivity contribution is 7.14. The van der Waals surface area contributed by atoms with E-state index in [9.17, 15) is 13.6 Å². The molecule has 0 spiro atoms. The van der Waals surface area contributed by atoms with E-state index in [1.54, 1.807) is 6.07 Å². The van der Waals surface area contributed by atoms with Crippen LogP contribution < -0.4 is 4.74 Å². The van der Waals surface area contributed by atoms with Crippen LogP contribution in [0.5, 0.6) is 5.75 Å². The monoisotopic (exact) mass is 268 g/mol. The van der Waals surface area contributed by atoms with Gasteiger partial charge in [-0.15, -0.1) is 11.3 Å². The van der Waals surface area contributed by atoms with Crippen molar-refractivity contribution >= 4 is 17.1 Å². The van der Waals surface area contributed by atoms with Gasteiger partial charge in [0.1, 0.15) is 5.82 Å². The van der Waals surface area contributed by atoms with E-state index < -0.39 is 11.6 Å². The lowest BCUT2D eigenvalue weighted by molar-refractivity contribution is 0.0923. The molecule has 0 fully saturated rings. The molecule has 2 rings (SSSR count). The fourth-order valence-corrected chi connectivity index (χ4v) is 2.18. The van der Waals surface area contributed by atoms with Crippen LogP contribution in [0.1, 0.15) is 14.5 Å². The fraction of sp³-hybridized carbons (Fsp3) is 0.154. The Kier molecular flexibility index (Phi) is 3.72. The van der Waals surface area contributed by atoms with Gasteiger partial charge < -0.3 is 4.74 Å². The van der Waals surface area contributed by atoms with E-state index in [1.807, 2.05) is 13.0 Å². The van der Waals surface area contributed by atoms with Crippen LogP contribution in [-0.2, 0) is 0 Å². The van der Waals surface area contributed by atoms with Crippen LogP contribution in [-0.4, -0.2) is 12.4 Å². The zero-order valence-corrected chi connectivity index (χ0v) is 10.4. The molecule has 1 aromatic carbocycles. The third-order valence-corrected chi connectivity index (χ3v) is 3.31. The standard InChI is InChI=1S/C13H10F2O2S/c1-8-2-5-13(18-8)11(16)7-17-12-4-3-9(14)6-10(12)15/h2-6H,7H2,1H3. The normalized spacial score (nSPS) is 10.4. The van der Waals surface area contributed by atoms with E-state index in [1.165, 1.54) is 11.3 Å². The zero-order valence-electron chi connectivity index (χ0n) is 9.57. The molecule has 0 radical (unpaired) electrons. The fourth-order valence-electron chi connectivity index (χ4n) is 1.39. The van der Waals surface area contributed by atoms with Gasteiger partial charge >= 0.3 is 0 Å². The number of hydrogen-bond donors (Lipinski definition) is 0. The molecule has 0 unspecified atom stereocenters. The van der Waals surface area contributed by atoms with E-state index in [0.717, 1.165) is 23.1 Å². The van der Waals surface area contributed by atoms with Crippen LogP contribution in [0.3, 0.4) is 0 Å². The van der Waals surface area contributed by atoms with E-state index >= 15 is 0 Å². The molecule has 0 aliphatic carbocycles. The average Bonchev–Trinajstić information content (AvgIpc) is 2.74. The summed E-state index contributed by atoms with van der Waals surface area (Å²) in [6, 6.07) is 6.49. The number of benzene rings is 1. The molecule has 0 N–H and O–H groups in total. The summed E-state index contributed by atoms with van der Waals surface area (Å²) >= 11 is 1.35. The first-order valence-electron chi connectivity index (χ1n) is 5.24. The molecule has 2 nitrogen and oxygen atoms in total. The summed E-state index contributed by atoms with van der Waals surface area (Å²) < 4.78 is 30.9. The molecule has 0 aliphatic heterocycles. The second-order valence-corrected chi connectivity index (χ2v) is 4.98. The number of ether oxygens (including phenoxy) is 1. The van der Waals surface area contributed by atoms with Gasteiger partial charge in [0.25, 0.3) is 0 Å². The van der Waals surface area contributed by atoms with Crippen molar-refractivity contribution in [3.8, 4) is 5.75 Å². The molecule has 0 aliphatic rings. The maximum absolute atomic E-state index is 13.2. The van der Waals surface area contributed by atoms with Crippen molar-refractivity contribution in [1.82, 2.24) is 0 Å². The average molecular weight is 268 g/mol. The second kappa shape index (κ2) is 5.27.